The quantitative estimate of drug-likeness (QED) is 0.137. The maximum Gasteiger partial charge on any atom is 0.324 e. The van der Waals surface area contributed by atoms with Gasteiger partial charge >= 0.3 is 6.03 Å². The zero-order valence-corrected chi connectivity index (χ0v) is 15.9. The summed E-state index contributed by atoms with van der Waals surface area (Å²) in [5.74, 6) is 0.423. The molecular weight excluding hydrogens is 417 g/mol. The van der Waals surface area contributed by atoms with Crippen molar-refractivity contribution in [3.63, 3.8) is 0 Å². The maximum absolute atomic E-state index is 11.4. The second-order valence-corrected chi connectivity index (χ2v) is 4.59. The molecule has 9 nitrogen and oxygen atoms in total. The molecule has 1 fully saturated rings. The summed E-state index contributed by atoms with van der Waals surface area (Å²) in [6, 6.07) is -0.344. The van der Waals surface area contributed by atoms with E-state index in [4.69, 9.17) is 9.47 Å². The third-order valence-electron chi connectivity index (χ3n) is 2.98. The number of hydrogen-bond acceptors (Lipinski definition) is 5. The first kappa shape index (κ1) is 21.9. The fraction of sp³-hybridized carbons (Fsp3) is 0.769. The van der Waals surface area contributed by atoms with Crippen LogP contribution in [0.2, 0.25) is 0 Å². The van der Waals surface area contributed by atoms with Crippen molar-refractivity contribution in [2.75, 3.05) is 60.2 Å². The van der Waals surface area contributed by atoms with Gasteiger partial charge in [0.2, 0.25) is 5.91 Å². The van der Waals surface area contributed by atoms with E-state index in [9.17, 15) is 9.59 Å². The highest BCUT2D eigenvalue weighted by molar-refractivity contribution is 14.0. The fourth-order valence-corrected chi connectivity index (χ4v) is 1.81. The van der Waals surface area contributed by atoms with E-state index in [0.29, 0.717) is 38.9 Å². The van der Waals surface area contributed by atoms with Crippen molar-refractivity contribution < 1.29 is 19.1 Å². The Balaban J connectivity index is 0.00000484. The normalized spacial score (nSPS) is 14.5. The van der Waals surface area contributed by atoms with Gasteiger partial charge in [-0.1, -0.05) is 0 Å². The van der Waals surface area contributed by atoms with Crippen molar-refractivity contribution in [3.8, 4) is 0 Å². The van der Waals surface area contributed by atoms with Crippen molar-refractivity contribution in [1.29, 1.82) is 0 Å². The predicted octanol–water partition coefficient (Wildman–Crippen LogP) is -0.626. The van der Waals surface area contributed by atoms with Crippen LogP contribution in [0.3, 0.4) is 0 Å². The highest BCUT2D eigenvalue weighted by atomic mass is 127. The number of aliphatic imine (C=N–C) groups is 1. The van der Waals surface area contributed by atoms with E-state index in [-0.39, 0.29) is 42.5 Å². The van der Waals surface area contributed by atoms with Crippen LogP contribution in [0.1, 0.15) is 6.42 Å². The molecule has 0 aromatic carbocycles. The van der Waals surface area contributed by atoms with Gasteiger partial charge in [0.1, 0.15) is 0 Å². The first-order chi connectivity index (χ1) is 10.7. The molecule has 1 rings (SSSR count). The Bertz CT molecular complexity index is 379. The minimum Gasteiger partial charge on any atom is -0.382 e. The summed E-state index contributed by atoms with van der Waals surface area (Å²) < 4.78 is 10.2. The Labute approximate surface area is 153 Å². The summed E-state index contributed by atoms with van der Waals surface area (Å²) in [4.78, 5) is 28.0. The van der Waals surface area contributed by atoms with E-state index >= 15 is 0 Å². The number of guanidine groups is 1. The number of nitrogens with zero attached hydrogens (tertiary/aromatic N) is 2. The predicted molar refractivity (Wildman–Crippen MR) is 97.2 cm³/mol. The molecule has 1 aliphatic heterocycles. The van der Waals surface area contributed by atoms with E-state index < -0.39 is 0 Å². The average Bonchev–Trinajstić information content (AvgIpc) is 2.84. The minimum atomic E-state index is -0.344. The summed E-state index contributed by atoms with van der Waals surface area (Å²) in [6.45, 7) is 3.39. The third-order valence-corrected chi connectivity index (χ3v) is 2.98. The number of carbonyl (C=O) groups is 2. The molecule has 134 valence electrons. The van der Waals surface area contributed by atoms with Gasteiger partial charge < -0.3 is 25.4 Å². The van der Waals surface area contributed by atoms with Gasteiger partial charge in [0.05, 0.1) is 19.8 Å². The van der Waals surface area contributed by atoms with Gasteiger partial charge in [0, 0.05) is 40.4 Å². The maximum atomic E-state index is 11.4. The highest BCUT2D eigenvalue weighted by Crippen LogP contribution is 1.96. The number of methoxy groups -OCH3 is 1. The van der Waals surface area contributed by atoms with Crippen LogP contribution >= 0.6 is 24.0 Å². The molecular formula is C13H26IN5O4. The van der Waals surface area contributed by atoms with Crippen LogP contribution in [0, 0.1) is 0 Å². The van der Waals surface area contributed by atoms with Crippen molar-refractivity contribution in [2.45, 2.75) is 6.42 Å². The molecule has 0 saturated carbocycles. The van der Waals surface area contributed by atoms with E-state index in [1.807, 2.05) is 0 Å². The number of halogens is 1. The number of nitrogens with one attached hydrogen (secondary N) is 3. The van der Waals surface area contributed by atoms with Crippen LogP contribution in [0.4, 0.5) is 4.79 Å². The minimum absolute atomic E-state index is 0. The molecule has 23 heavy (non-hydrogen) atoms. The Kier molecular flexibility index (Phi) is 12.7. The first-order valence-electron chi connectivity index (χ1n) is 7.28. The number of carbonyl (C=O) groups excluding carboxylic acids is 2. The van der Waals surface area contributed by atoms with Gasteiger partial charge in [0.15, 0.2) is 5.96 Å². The number of hydrogen-bond donors (Lipinski definition) is 3. The summed E-state index contributed by atoms with van der Waals surface area (Å²) in [7, 11) is 3.30. The van der Waals surface area contributed by atoms with Crippen LogP contribution < -0.4 is 16.0 Å². The molecule has 0 spiro atoms. The lowest BCUT2D eigenvalue weighted by molar-refractivity contribution is -0.124. The molecule has 0 bridgehead atoms. The van der Waals surface area contributed by atoms with Crippen molar-refractivity contribution in [2.24, 2.45) is 4.99 Å². The molecule has 3 N–H and O–H groups in total. The summed E-state index contributed by atoms with van der Waals surface area (Å²) in [5, 5.41) is 8.66. The van der Waals surface area contributed by atoms with Crippen LogP contribution in [-0.4, -0.2) is 83.0 Å². The SMILES string of the molecule is CN=C(NCCCOCCOC)NCCN1C(=O)CNC1=O.I. The van der Waals surface area contributed by atoms with Crippen LogP contribution in [0.25, 0.3) is 0 Å². The smallest absolute Gasteiger partial charge is 0.324 e. The lowest BCUT2D eigenvalue weighted by Crippen LogP contribution is -2.43. The van der Waals surface area contributed by atoms with Gasteiger partial charge in [-0.2, -0.15) is 0 Å². The van der Waals surface area contributed by atoms with Gasteiger partial charge in [-0.3, -0.25) is 14.7 Å². The van der Waals surface area contributed by atoms with Crippen LogP contribution in [-0.2, 0) is 14.3 Å². The summed E-state index contributed by atoms with van der Waals surface area (Å²) in [6.07, 6.45) is 0.845. The molecule has 0 aromatic heterocycles. The molecule has 0 atom stereocenters. The lowest BCUT2D eigenvalue weighted by Gasteiger charge is -2.15. The lowest BCUT2D eigenvalue weighted by atomic mass is 10.4. The molecule has 1 saturated heterocycles. The largest absolute Gasteiger partial charge is 0.382 e. The summed E-state index contributed by atoms with van der Waals surface area (Å²) in [5.41, 5.74) is 0. The van der Waals surface area contributed by atoms with Crippen LogP contribution in [0.5, 0.6) is 0 Å². The molecule has 0 radical (unpaired) electrons. The molecule has 10 heteroatoms. The zero-order valence-electron chi connectivity index (χ0n) is 13.6. The molecule has 1 heterocycles. The fourth-order valence-electron chi connectivity index (χ4n) is 1.81. The third kappa shape index (κ3) is 8.91. The van der Waals surface area contributed by atoms with Crippen molar-refractivity contribution in [3.05, 3.63) is 0 Å². The van der Waals surface area contributed by atoms with Gasteiger partial charge in [0.25, 0.3) is 0 Å². The van der Waals surface area contributed by atoms with E-state index in [2.05, 4.69) is 20.9 Å². The van der Waals surface area contributed by atoms with Crippen molar-refractivity contribution >= 4 is 41.9 Å². The number of imide groups is 1. The Morgan fingerprint density at radius 3 is 2.61 bits per heavy atom. The molecule has 0 unspecified atom stereocenters. The van der Waals surface area contributed by atoms with E-state index in [0.717, 1.165) is 13.0 Å². The standard InChI is InChI=1S/C13H25N5O4.HI/c1-14-12(15-4-3-7-22-9-8-21-2)16-5-6-18-11(19)10-17-13(18)20;/h3-10H2,1-2H3,(H,17,20)(H2,14,15,16);1H. The number of ether oxygens (including phenoxy) is 2. The Hall–Kier alpha value is -1.14. The topological polar surface area (TPSA) is 104 Å². The molecule has 0 aliphatic carbocycles. The van der Waals surface area contributed by atoms with Crippen molar-refractivity contribution in [1.82, 2.24) is 20.9 Å². The molecule has 1 aliphatic rings. The van der Waals surface area contributed by atoms with E-state index in [1.54, 1.807) is 14.2 Å². The highest BCUT2D eigenvalue weighted by Gasteiger charge is 2.27. The Morgan fingerprint density at radius 2 is 2.00 bits per heavy atom. The monoisotopic (exact) mass is 443 g/mol. The molecule has 3 amide bonds. The number of amides is 3. The summed E-state index contributed by atoms with van der Waals surface area (Å²) >= 11 is 0. The van der Waals surface area contributed by atoms with Crippen LogP contribution in [0.15, 0.2) is 4.99 Å². The second-order valence-electron chi connectivity index (χ2n) is 4.59. The van der Waals surface area contributed by atoms with Gasteiger partial charge in [-0.05, 0) is 6.42 Å². The number of urea groups is 1. The van der Waals surface area contributed by atoms with Gasteiger partial charge in [-0.15, -0.1) is 24.0 Å². The Morgan fingerprint density at radius 1 is 1.26 bits per heavy atom. The molecule has 0 aromatic rings. The first-order valence-corrected chi connectivity index (χ1v) is 7.28. The second kappa shape index (κ2) is 13.3. The van der Waals surface area contributed by atoms with E-state index in [1.165, 1.54) is 4.90 Å². The average molecular weight is 443 g/mol. The van der Waals surface area contributed by atoms with Gasteiger partial charge in [-0.25, -0.2) is 4.79 Å². The zero-order chi connectivity index (χ0) is 16.2. The number of rotatable bonds is 10.